The molecule has 3 heteroatoms. The number of hydrogen-bond donors (Lipinski definition) is 1. The van der Waals surface area contributed by atoms with Crippen molar-refractivity contribution in [2.45, 2.75) is 39.3 Å². The largest absolute Gasteiger partial charge is 0.307 e. The van der Waals surface area contributed by atoms with E-state index in [-0.39, 0.29) is 6.04 Å². The summed E-state index contributed by atoms with van der Waals surface area (Å²) in [6.45, 7) is 4.84. The Labute approximate surface area is 91.1 Å². The molecule has 15 heavy (non-hydrogen) atoms. The van der Waals surface area contributed by atoms with Gasteiger partial charge < -0.3 is 5.32 Å². The third-order valence-corrected chi connectivity index (χ3v) is 2.37. The van der Waals surface area contributed by atoms with Crippen molar-refractivity contribution in [3.8, 4) is 6.07 Å². The zero-order valence-corrected chi connectivity index (χ0v) is 9.33. The molecular formula is C12H17N3. The predicted molar refractivity (Wildman–Crippen MR) is 60.1 cm³/mol. The summed E-state index contributed by atoms with van der Waals surface area (Å²) < 4.78 is 0. The van der Waals surface area contributed by atoms with Crippen molar-refractivity contribution in [3.05, 3.63) is 29.6 Å². The lowest BCUT2D eigenvalue weighted by Crippen LogP contribution is -2.27. The van der Waals surface area contributed by atoms with Gasteiger partial charge in [0.15, 0.2) is 0 Å². The van der Waals surface area contributed by atoms with Crippen LogP contribution in [0.4, 0.5) is 0 Å². The summed E-state index contributed by atoms with van der Waals surface area (Å²) in [4.78, 5) is 4.30. The van der Waals surface area contributed by atoms with E-state index < -0.39 is 0 Å². The fraction of sp³-hybridized carbons (Fsp3) is 0.500. The summed E-state index contributed by atoms with van der Waals surface area (Å²) in [6, 6.07) is 6.52. The SMILES string of the molecule is CCC(CC#N)NCc1ccc(C)cn1. The predicted octanol–water partition coefficient (Wildman–Crippen LogP) is 2.17. The van der Waals surface area contributed by atoms with E-state index in [1.165, 1.54) is 5.56 Å². The lowest BCUT2D eigenvalue weighted by atomic mass is 10.1. The Hall–Kier alpha value is -1.40. The van der Waals surface area contributed by atoms with Gasteiger partial charge in [-0.05, 0) is 25.0 Å². The summed E-state index contributed by atoms with van der Waals surface area (Å²) in [5.41, 5.74) is 2.19. The first-order chi connectivity index (χ1) is 7.26. The van der Waals surface area contributed by atoms with Crippen molar-refractivity contribution in [2.24, 2.45) is 0 Å². The number of pyridine rings is 1. The zero-order valence-electron chi connectivity index (χ0n) is 9.33. The highest BCUT2D eigenvalue weighted by molar-refractivity contribution is 5.12. The van der Waals surface area contributed by atoms with Crippen LogP contribution in [0.5, 0.6) is 0 Å². The normalized spacial score (nSPS) is 12.1. The number of nitrogens with one attached hydrogen (secondary N) is 1. The van der Waals surface area contributed by atoms with Crippen molar-refractivity contribution in [2.75, 3.05) is 0 Å². The number of rotatable bonds is 5. The van der Waals surface area contributed by atoms with Crippen LogP contribution in [0.3, 0.4) is 0 Å². The van der Waals surface area contributed by atoms with E-state index >= 15 is 0 Å². The molecule has 0 fully saturated rings. The Morgan fingerprint density at radius 2 is 2.33 bits per heavy atom. The Morgan fingerprint density at radius 3 is 2.87 bits per heavy atom. The minimum Gasteiger partial charge on any atom is -0.307 e. The molecule has 3 nitrogen and oxygen atoms in total. The van der Waals surface area contributed by atoms with Gasteiger partial charge in [-0.15, -0.1) is 0 Å². The molecule has 0 bridgehead atoms. The zero-order chi connectivity index (χ0) is 11.1. The highest BCUT2D eigenvalue weighted by atomic mass is 14.9. The fourth-order valence-corrected chi connectivity index (χ4v) is 1.32. The second kappa shape index (κ2) is 6.15. The molecule has 1 N–H and O–H groups in total. The molecular weight excluding hydrogens is 186 g/mol. The van der Waals surface area contributed by atoms with Crippen molar-refractivity contribution < 1.29 is 0 Å². The molecule has 0 amide bonds. The molecule has 80 valence electrons. The molecule has 1 heterocycles. The van der Waals surface area contributed by atoms with Crippen LogP contribution < -0.4 is 5.32 Å². The van der Waals surface area contributed by atoms with Crippen LogP contribution in [0.2, 0.25) is 0 Å². The molecule has 1 aromatic rings. The molecule has 0 aliphatic carbocycles. The van der Waals surface area contributed by atoms with E-state index in [0.717, 1.165) is 18.7 Å². The van der Waals surface area contributed by atoms with Gasteiger partial charge in [0.05, 0.1) is 18.2 Å². The molecule has 0 radical (unpaired) electrons. The quantitative estimate of drug-likeness (QED) is 0.797. The Bertz CT molecular complexity index is 324. The molecule has 0 aliphatic rings. The van der Waals surface area contributed by atoms with Gasteiger partial charge in [-0.1, -0.05) is 13.0 Å². The summed E-state index contributed by atoms with van der Waals surface area (Å²) in [5.74, 6) is 0. The highest BCUT2D eigenvalue weighted by Gasteiger charge is 2.04. The van der Waals surface area contributed by atoms with Gasteiger partial charge in [-0.2, -0.15) is 5.26 Å². The van der Waals surface area contributed by atoms with E-state index in [4.69, 9.17) is 5.26 Å². The van der Waals surface area contributed by atoms with E-state index in [9.17, 15) is 0 Å². The number of nitrogens with zero attached hydrogens (tertiary/aromatic N) is 2. The summed E-state index contributed by atoms with van der Waals surface area (Å²) in [5, 5.41) is 11.9. The minimum absolute atomic E-state index is 0.276. The fourth-order valence-electron chi connectivity index (χ4n) is 1.32. The van der Waals surface area contributed by atoms with Crippen LogP contribution in [0.1, 0.15) is 31.0 Å². The van der Waals surface area contributed by atoms with Crippen molar-refractivity contribution >= 4 is 0 Å². The van der Waals surface area contributed by atoms with Gasteiger partial charge in [0.1, 0.15) is 0 Å². The topological polar surface area (TPSA) is 48.7 Å². The van der Waals surface area contributed by atoms with E-state index in [2.05, 4.69) is 29.4 Å². The van der Waals surface area contributed by atoms with Crippen LogP contribution in [0.25, 0.3) is 0 Å². The maximum Gasteiger partial charge on any atom is 0.0638 e. The van der Waals surface area contributed by atoms with Crippen molar-refractivity contribution in [3.63, 3.8) is 0 Å². The molecule has 0 saturated carbocycles. The first kappa shape index (κ1) is 11.7. The summed E-state index contributed by atoms with van der Waals surface area (Å²) in [6.07, 6.45) is 3.39. The van der Waals surface area contributed by atoms with Crippen LogP contribution in [-0.4, -0.2) is 11.0 Å². The maximum absolute atomic E-state index is 8.60. The van der Waals surface area contributed by atoms with Crippen molar-refractivity contribution in [1.29, 1.82) is 5.26 Å². The van der Waals surface area contributed by atoms with Gasteiger partial charge >= 0.3 is 0 Å². The molecule has 1 atom stereocenters. The standard InChI is InChI=1S/C12H17N3/c1-3-11(6-7-13)15-9-12-5-4-10(2)8-14-12/h4-5,8,11,15H,3,6,9H2,1-2H3. The molecule has 1 aromatic heterocycles. The second-order valence-electron chi connectivity index (χ2n) is 3.68. The van der Waals surface area contributed by atoms with Crippen LogP contribution in [-0.2, 0) is 6.54 Å². The van der Waals surface area contributed by atoms with Gasteiger partial charge in [-0.3, -0.25) is 4.98 Å². The second-order valence-corrected chi connectivity index (χ2v) is 3.68. The Balaban J connectivity index is 2.42. The monoisotopic (exact) mass is 203 g/mol. The Morgan fingerprint density at radius 1 is 1.53 bits per heavy atom. The average Bonchev–Trinajstić information content (AvgIpc) is 2.26. The van der Waals surface area contributed by atoms with Crippen LogP contribution >= 0.6 is 0 Å². The van der Waals surface area contributed by atoms with Crippen LogP contribution in [0, 0.1) is 18.3 Å². The van der Waals surface area contributed by atoms with Crippen LogP contribution in [0.15, 0.2) is 18.3 Å². The van der Waals surface area contributed by atoms with Crippen molar-refractivity contribution in [1.82, 2.24) is 10.3 Å². The molecule has 1 rings (SSSR count). The highest BCUT2D eigenvalue weighted by Crippen LogP contribution is 2.01. The van der Waals surface area contributed by atoms with Gasteiger partial charge in [0.25, 0.3) is 0 Å². The first-order valence-electron chi connectivity index (χ1n) is 5.28. The average molecular weight is 203 g/mol. The van der Waals surface area contributed by atoms with Gasteiger partial charge in [0.2, 0.25) is 0 Å². The smallest absolute Gasteiger partial charge is 0.0638 e. The minimum atomic E-state index is 0.276. The Kier molecular flexibility index (Phi) is 4.79. The van der Waals surface area contributed by atoms with E-state index in [0.29, 0.717) is 6.42 Å². The number of nitriles is 1. The third-order valence-electron chi connectivity index (χ3n) is 2.37. The molecule has 0 aromatic carbocycles. The summed E-state index contributed by atoms with van der Waals surface area (Å²) >= 11 is 0. The first-order valence-corrected chi connectivity index (χ1v) is 5.28. The number of aromatic nitrogens is 1. The molecule has 0 aliphatic heterocycles. The van der Waals surface area contributed by atoms with E-state index in [1.54, 1.807) is 0 Å². The molecule has 0 saturated heterocycles. The maximum atomic E-state index is 8.60. The third kappa shape index (κ3) is 4.09. The lowest BCUT2D eigenvalue weighted by Gasteiger charge is -2.12. The van der Waals surface area contributed by atoms with E-state index in [1.807, 2.05) is 19.2 Å². The summed E-state index contributed by atoms with van der Waals surface area (Å²) in [7, 11) is 0. The van der Waals surface area contributed by atoms with Gasteiger partial charge in [0, 0.05) is 18.8 Å². The lowest BCUT2D eigenvalue weighted by molar-refractivity contribution is 0.501. The number of aryl methyl sites for hydroxylation is 1. The molecule has 1 unspecified atom stereocenters. The number of hydrogen-bond acceptors (Lipinski definition) is 3. The molecule has 0 spiro atoms. The van der Waals surface area contributed by atoms with Gasteiger partial charge in [-0.25, -0.2) is 0 Å².